The standard InChI is InChI=1S/C13H15NO2/c1-3-11(15)9-6-7-12(16-2)13-10(9)5-4-8-14-13/h4-8,11,15H,3H2,1-2H3. The Kier molecular flexibility index (Phi) is 3.06. The molecule has 0 saturated carbocycles. The fraction of sp³-hybridized carbons (Fsp3) is 0.308. The topological polar surface area (TPSA) is 42.4 Å². The van der Waals surface area contributed by atoms with E-state index in [1.165, 1.54) is 0 Å². The summed E-state index contributed by atoms with van der Waals surface area (Å²) >= 11 is 0. The van der Waals surface area contributed by atoms with Crippen molar-refractivity contribution in [2.24, 2.45) is 0 Å². The van der Waals surface area contributed by atoms with E-state index in [-0.39, 0.29) is 0 Å². The zero-order valence-electron chi connectivity index (χ0n) is 9.47. The van der Waals surface area contributed by atoms with E-state index < -0.39 is 6.10 Å². The number of methoxy groups -OCH3 is 1. The van der Waals surface area contributed by atoms with Gasteiger partial charge < -0.3 is 9.84 Å². The van der Waals surface area contributed by atoms with E-state index in [0.717, 1.165) is 22.2 Å². The van der Waals surface area contributed by atoms with Crippen LogP contribution in [0.25, 0.3) is 10.9 Å². The summed E-state index contributed by atoms with van der Waals surface area (Å²) in [6.07, 6.45) is 1.97. The molecule has 0 saturated heterocycles. The molecule has 1 heterocycles. The molecule has 0 amide bonds. The highest BCUT2D eigenvalue weighted by Gasteiger charge is 2.12. The molecule has 16 heavy (non-hydrogen) atoms. The number of fused-ring (bicyclic) bond motifs is 1. The van der Waals surface area contributed by atoms with E-state index in [2.05, 4.69) is 4.98 Å². The third-order valence-corrected chi connectivity index (χ3v) is 2.73. The molecular weight excluding hydrogens is 202 g/mol. The van der Waals surface area contributed by atoms with Gasteiger partial charge in [0.25, 0.3) is 0 Å². The van der Waals surface area contributed by atoms with Gasteiger partial charge in [0.05, 0.1) is 13.2 Å². The quantitative estimate of drug-likeness (QED) is 0.859. The third kappa shape index (κ3) is 1.74. The normalized spacial score (nSPS) is 12.7. The van der Waals surface area contributed by atoms with Crippen molar-refractivity contribution >= 4 is 10.9 Å². The molecular formula is C13H15NO2. The maximum Gasteiger partial charge on any atom is 0.145 e. The number of ether oxygens (including phenoxy) is 1. The first-order chi connectivity index (χ1) is 7.77. The maximum absolute atomic E-state index is 9.92. The van der Waals surface area contributed by atoms with Gasteiger partial charge in [-0.3, -0.25) is 4.98 Å². The van der Waals surface area contributed by atoms with Crippen LogP contribution in [0.1, 0.15) is 25.0 Å². The molecule has 3 heteroatoms. The molecule has 0 fully saturated rings. The smallest absolute Gasteiger partial charge is 0.145 e. The molecule has 1 aromatic heterocycles. The minimum Gasteiger partial charge on any atom is -0.494 e. The number of nitrogens with zero attached hydrogens (tertiary/aromatic N) is 1. The zero-order chi connectivity index (χ0) is 11.5. The lowest BCUT2D eigenvalue weighted by Crippen LogP contribution is -1.98. The predicted molar refractivity (Wildman–Crippen MR) is 63.5 cm³/mol. The van der Waals surface area contributed by atoms with Crippen LogP contribution in [0.3, 0.4) is 0 Å². The van der Waals surface area contributed by atoms with E-state index in [0.29, 0.717) is 6.42 Å². The van der Waals surface area contributed by atoms with Crippen LogP contribution in [0, 0.1) is 0 Å². The van der Waals surface area contributed by atoms with Crippen LogP contribution in [0.4, 0.5) is 0 Å². The van der Waals surface area contributed by atoms with Gasteiger partial charge in [-0.1, -0.05) is 19.1 Å². The SMILES string of the molecule is CCC(O)c1ccc(OC)c2ncccc12. The van der Waals surface area contributed by atoms with Crippen molar-refractivity contribution in [3.8, 4) is 5.75 Å². The van der Waals surface area contributed by atoms with Crippen LogP contribution < -0.4 is 4.74 Å². The molecule has 2 rings (SSSR count). The van der Waals surface area contributed by atoms with Crippen LogP contribution in [0.2, 0.25) is 0 Å². The van der Waals surface area contributed by atoms with Crippen LogP contribution in [-0.4, -0.2) is 17.2 Å². The average molecular weight is 217 g/mol. The van der Waals surface area contributed by atoms with Crippen molar-refractivity contribution in [3.05, 3.63) is 36.0 Å². The first kappa shape index (κ1) is 10.9. The molecule has 0 bridgehead atoms. The van der Waals surface area contributed by atoms with Gasteiger partial charge in [0.15, 0.2) is 0 Å². The summed E-state index contributed by atoms with van der Waals surface area (Å²) in [7, 11) is 1.62. The number of aliphatic hydroxyl groups is 1. The van der Waals surface area contributed by atoms with E-state index in [4.69, 9.17) is 4.74 Å². The van der Waals surface area contributed by atoms with E-state index in [1.54, 1.807) is 13.3 Å². The van der Waals surface area contributed by atoms with Crippen LogP contribution in [0.5, 0.6) is 5.75 Å². The Hall–Kier alpha value is -1.61. The second kappa shape index (κ2) is 4.49. The fourth-order valence-corrected chi connectivity index (χ4v) is 1.84. The number of aliphatic hydroxyl groups excluding tert-OH is 1. The number of pyridine rings is 1. The highest BCUT2D eigenvalue weighted by Crippen LogP contribution is 2.30. The van der Waals surface area contributed by atoms with Crippen molar-refractivity contribution in [1.82, 2.24) is 4.98 Å². The molecule has 0 spiro atoms. The zero-order valence-corrected chi connectivity index (χ0v) is 9.47. The monoisotopic (exact) mass is 217 g/mol. The van der Waals surface area contributed by atoms with Gasteiger partial charge in [-0.15, -0.1) is 0 Å². The van der Waals surface area contributed by atoms with Crippen molar-refractivity contribution in [2.45, 2.75) is 19.4 Å². The summed E-state index contributed by atoms with van der Waals surface area (Å²) in [5.41, 5.74) is 1.71. The van der Waals surface area contributed by atoms with Gasteiger partial charge in [-0.2, -0.15) is 0 Å². The molecule has 2 aromatic rings. The third-order valence-electron chi connectivity index (χ3n) is 2.73. The van der Waals surface area contributed by atoms with Gasteiger partial charge in [-0.05, 0) is 24.1 Å². The number of benzene rings is 1. The summed E-state index contributed by atoms with van der Waals surface area (Å²) < 4.78 is 5.25. The number of rotatable bonds is 3. The van der Waals surface area contributed by atoms with Crippen molar-refractivity contribution in [2.75, 3.05) is 7.11 Å². The fourth-order valence-electron chi connectivity index (χ4n) is 1.84. The minimum absolute atomic E-state index is 0.447. The molecule has 1 N–H and O–H groups in total. The molecule has 0 aliphatic heterocycles. The van der Waals surface area contributed by atoms with Gasteiger partial charge >= 0.3 is 0 Å². The first-order valence-corrected chi connectivity index (χ1v) is 5.37. The van der Waals surface area contributed by atoms with Crippen LogP contribution in [0.15, 0.2) is 30.5 Å². The first-order valence-electron chi connectivity index (χ1n) is 5.37. The molecule has 1 unspecified atom stereocenters. The Morgan fingerprint density at radius 3 is 2.88 bits per heavy atom. The molecule has 0 radical (unpaired) electrons. The second-order valence-corrected chi connectivity index (χ2v) is 3.68. The second-order valence-electron chi connectivity index (χ2n) is 3.68. The van der Waals surface area contributed by atoms with Gasteiger partial charge in [-0.25, -0.2) is 0 Å². The molecule has 0 aliphatic carbocycles. The van der Waals surface area contributed by atoms with Gasteiger partial charge in [0.1, 0.15) is 11.3 Å². The van der Waals surface area contributed by atoms with Crippen molar-refractivity contribution in [3.63, 3.8) is 0 Å². The van der Waals surface area contributed by atoms with Crippen LogP contribution in [-0.2, 0) is 0 Å². The summed E-state index contributed by atoms with van der Waals surface area (Å²) in [5, 5.41) is 10.9. The molecule has 84 valence electrons. The number of hydrogen-bond donors (Lipinski definition) is 1. The van der Waals surface area contributed by atoms with E-state index >= 15 is 0 Å². The maximum atomic E-state index is 9.92. The lowest BCUT2D eigenvalue weighted by molar-refractivity contribution is 0.175. The largest absolute Gasteiger partial charge is 0.494 e. The predicted octanol–water partition coefficient (Wildman–Crippen LogP) is 2.69. The Morgan fingerprint density at radius 2 is 2.19 bits per heavy atom. The summed E-state index contributed by atoms with van der Waals surface area (Å²) in [6.45, 7) is 1.96. The number of aromatic nitrogens is 1. The van der Waals surface area contributed by atoms with Crippen molar-refractivity contribution in [1.29, 1.82) is 0 Å². The lowest BCUT2D eigenvalue weighted by Gasteiger charge is -2.13. The molecule has 0 aliphatic rings. The summed E-state index contributed by atoms with van der Waals surface area (Å²) in [6, 6.07) is 7.58. The van der Waals surface area contributed by atoms with Crippen molar-refractivity contribution < 1.29 is 9.84 Å². The Bertz CT molecular complexity index is 496. The van der Waals surface area contributed by atoms with Gasteiger partial charge in [0.2, 0.25) is 0 Å². The molecule has 1 atom stereocenters. The van der Waals surface area contributed by atoms with E-state index in [9.17, 15) is 5.11 Å². The molecule has 1 aromatic carbocycles. The number of hydrogen-bond acceptors (Lipinski definition) is 3. The Labute approximate surface area is 94.7 Å². The lowest BCUT2D eigenvalue weighted by atomic mass is 10.0. The Balaban J connectivity index is 2.69. The molecule has 3 nitrogen and oxygen atoms in total. The van der Waals surface area contributed by atoms with E-state index in [1.807, 2.05) is 31.2 Å². The Morgan fingerprint density at radius 1 is 1.38 bits per heavy atom. The van der Waals surface area contributed by atoms with Crippen LogP contribution >= 0.6 is 0 Å². The summed E-state index contributed by atoms with van der Waals surface area (Å²) in [4.78, 5) is 4.29. The highest BCUT2D eigenvalue weighted by atomic mass is 16.5. The minimum atomic E-state index is -0.447. The summed E-state index contributed by atoms with van der Waals surface area (Å²) in [5.74, 6) is 0.739. The highest BCUT2D eigenvalue weighted by molar-refractivity contribution is 5.87. The van der Waals surface area contributed by atoms with Gasteiger partial charge in [0, 0.05) is 11.6 Å². The average Bonchev–Trinajstić information content (AvgIpc) is 2.36.